The van der Waals surface area contributed by atoms with Gasteiger partial charge in [0.2, 0.25) is 5.95 Å². The second-order valence-corrected chi connectivity index (χ2v) is 8.67. The maximum Gasteiger partial charge on any atom is 0.327 e. The molecule has 0 radical (unpaired) electrons. The summed E-state index contributed by atoms with van der Waals surface area (Å²) in [6.45, 7) is 1.80. The maximum atomic E-state index is 13.5. The highest BCUT2D eigenvalue weighted by Gasteiger charge is 2.54. The number of urea groups is 1. The molecule has 1 saturated carbocycles. The van der Waals surface area contributed by atoms with Crippen LogP contribution in [0.4, 0.5) is 10.7 Å². The highest BCUT2D eigenvalue weighted by atomic mass is 16.5. The summed E-state index contributed by atoms with van der Waals surface area (Å²) in [6.07, 6.45) is 7.36. The van der Waals surface area contributed by atoms with Gasteiger partial charge in [-0.05, 0) is 44.7 Å². The van der Waals surface area contributed by atoms with Gasteiger partial charge in [-0.2, -0.15) is 5.26 Å². The molecule has 1 aliphatic carbocycles. The molecule has 8 nitrogen and oxygen atoms in total. The van der Waals surface area contributed by atoms with Crippen LogP contribution in [0, 0.1) is 11.3 Å². The number of hydrogen-bond donors (Lipinski definition) is 1. The summed E-state index contributed by atoms with van der Waals surface area (Å²) in [5.74, 6) is 0.358. The SMILES string of the molecule is CNC1(c2ccccc2)CCC2(CC1)CN(c1ncc(C#N)cn1)C(=O)N2CCCOC. The number of nitrogens with zero attached hydrogens (tertiary/aromatic N) is 5. The highest BCUT2D eigenvalue weighted by Crippen LogP contribution is 2.47. The third kappa shape index (κ3) is 3.94. The predicted octanol–water partition coefficient (Wildman–Crippen LogP) is 3.05. The van der Waals surface area contributed by atoms with Crippen LogP contribution in [-0.4, -0.2) is 60.3 Å². The van der Waals surface area contributed by atoms with Crippen LogP contribution in [0.2, 0.25) is 0 Å². The van der Waals surface area contributed by atoms with Crippen LogP contribution in [0.5, 0.6) is 0 Å². The van der Waals surface area contributed by atoms with Crippen molar-refractivity contribution in [3.05, 3.63) is 53.9 Å². The zero-order valence-electron chi connectivity index (χ0n) is 18.8. The van der Waals surface area contributed by atoms with Gasteiger partial charge in [0.05, 0.1) is 30.0 Å². The topological polar surface area (TPSA) is 94.4 Å². The Kier molecular flexibility index (Phi) is 6.40. The minimum absolute atomic E-state index is 0.0671. The van der Waals surface area contributed by atoms with Gasteiger partial charge in [-0.15, -0.1) is 0 Å². The van der Waals surface area contributed by atoms with E-state index in [1.807, 2.05) is 24.1 Å². The number of carbonyl (C=O) groups is 1. The Morgan fingerprint density at radius 1 is 1.16 bits per heavy atom. The van der Waals surface area contributed by atoms with Crippen LogP contribution in [0.3, 0.4) is 0 Å². The summed E-state index contributed by atoms with van der Waals surface area (Å²) in [4.78, 5) is 25.7. The van der Waals surface area contributed by atoms with Crippen molar-refractivity contribution in [3.63, 3.8) is 0 Å². The van der Waals surface area contributed by atoms with E-state index in [2.05, 4.69) is 39.6 Å². The summed E-state index contributed by atoms with van der Waals surface area (Å²) in [6, 6.07) is 12.5. The van der Waals surface area contributed by atoms with Crippen LogP contribution >= 0.6 is 0 Å². The first-order chi connectivity index (χ1) is 15.6. The quantitative estimate of drug-likeness (QED) is 0.673. The normalized spacial score (nSPS) is 25.3. The fourth-order valence-electron chi connectivity index (χ4n) is 5.18. The lowest BCUT2D eigenvalue weighted by atomic mass is 9.69. The molecule has 1 spiro atoms. The van der Waals surface area contributed by atoms with Crippen molar-refractivity contribution in [3.8, 4) is 6.07 Å². The van der Waals surface area contributed by atoms with E-state index in [0.29, 0.717) is 31.2 Å². The van der Waals surface area contributed by atoms with Gasteiger partial charge in [-0.3, -0.25) is 4.90 Å². The third-order valence-corrected chi connectivity index (χ3v) is 7.06. The summed E-state index contributed by atoms with van der Waals surface area (Å²) in [7, 11) is 3.71. The Balaban J connectivity index is 1.60. The molecule has 1 N–H and O–H groups in total. The minimum Gasteiger partial charge on any atom is -0.385 e. The van der Waals surface area contributed by atoms with E-state index in [-0.39, 0.29) is 17.1 Å². The largest absolute Gasteiger partial charge is 0.385 e. The number of nitrogens with one attached hydrogen (secondary N) is 1. The van der Waals surface area contributed by atoms with Crippen molar-refractivity contribution in [2.45, 2.75) is 43.2 Å². The number of nitriles is 1. The molecule has 2 fully saturated rings. The molecule has 168 valence electrons. The van der Waals surface area contributed by atoms with Crippen molar-refractivity contribution < 1.29 is 9.53 Å². The predicted molar refractivity (Wildman–Crippen MR) is 121 cm³/mol. The number of carbonyl (C=O) groups excluding carboxylic acids is 1. The molecule has 2 aromatic rings. The number of amides is 2. The minimum atomic E-state index is -0.267. The smallest absolute Gasteiger partial charge is 0.327 e. The molecule has 2 aliphatic rings. The molecule has 0 atom stereocenters. The number of aromatic nitrogens is 2. The summed E-state index contributed by atoms with van der Waals surface area (Å²) >= 11 is 0. The molecule has 2 amide bonds. The molecular weight excluding hydrogens is 404 g/mol. The number of rotatable bonds is 7. The van der Waals surface area contributed by atoms with E-state index in [4.69, 9.17) is 10.00 Å². The van der Waals surface area contributed by atoms with E-state index in [9.17, 15) is 4.79 Å². The Morgan fingerprint density at radius 3 is 2.44 bits per heavy atom. The van der Waals surface area contributed by atoms with E-state index < -0.39 is 0 Å². The van der Waals surface area contributed by atoms with E-state index in [1.54, 1.807) is 12.0 Å². The Hall–Kier alpha value is -3.02. The van der Waals surface area contributed by atoms with Crippen molar-refractivity contribution in [1.82, 2.24) is 20.2 Å². The lowest BCUT2D eigenvalue weighted by Crippen LogP contribution is -2.55. The molecule has 1 saturated heterocycles. The molecule has 1 aromatic heterocycles. The Bertz CT molecular complexity index is 964. The van der Waals surface area contributed by atoms with Crippen LogP contribution in [0.1, 0.15) is 43.2 Å². The van der Waals surface area contributed by atoms with E-state index in [0.717, 1.165) is 32.1 Å². The average Bonchev–Trinajstić information content (AvgIpc) is 3.12. The number of methoxy groups -OCH3 is 1. The highest BCUT2D eigenvalue weighted by molar-refractivity contribution is 5.93. The van der Waals surface area contributed by atoms with Gasteiger partial charge in [0.25, 0.3) is 0 Å². The van der Waals surface area contributed by atoms with Crippen LogP contribution in [0.15, 0.2) is 42.7 Å². The van der Waals surface area contributed by atoms with Crippen LogP contribution < -0.4 is 10.2 Å². The Morgan fingerprint density at radius 2 is 1.84 bits per heavy atom. The average molecular weight is 435 g/mol. The zero-order valence-corrected chi connectivity index (χ0v) is 18.8. The molecule has 0 unspecified atom stereocenters. The van der Waals surface area contributed by atoms with Gasteiger partial charge < -0.3 is 15.0 Å². The molecule has 2 heterocycles. The first-order valence-corrected chi connectivity index (χ1v) is 11.1. The van der Waals surface area contributed by atoms with Crippen molar-refractivity contribution in [2.24, 2.45) is 0 Å². The van der Waals surface area contributed by atoms with E-state index in [1.165, 1.54) is 18.0 Å². The maximum absolute atomic E-state index is 13.5. The van der Waals surface area contributed by atoms with Gasteiger partial charge >= 0.3 is 6.03 Å². The molecule has 1 aromatic carbocycles. The first kappa shape index (κ1) is 22.2. The van der Waals surface area contributed by atoms with Crippen molar-refractivity contribution in [2.75, 3.05) is 38.8 Å². The summed E-state index contributed by atoms with van der Waals surface area (Å²) < 4.78 is 5.24. The summed E-state index contributed by atoms with van der Waals surface area (Å²) in [5, 5.41) is 12.6. The molecular formula is C24H30N6O2. The van der Waals surface area contributed by atoms with Gasteiger partial charge in [0.15, 0.2) is 0 Å². The monoisotopic (exact) mass is 434 g/mol. The third-order valence-electron chi connectivity index (χ3n) is 7.06. The number of anilines is 1. The molecule has 8 heteroatoms. The number of benzene rings is 1. The summed E-state index contributed by atoms with van der Waals surface area (Å²) in [5.41, 5.74) is 1.31. The number of ether oxygens (including phenoxy) is 1. The number of hydrogen-bond acceptors (Lipinski definition) is 6. The van der Waals surface area contributed by atoms with Gasteiger partial charge in [-0.1, -0.05) is 30.3 Å². The van der Waals surface area contributed by atoms with Gasteiger partial charge in [0, 0.05) is 25.8 Å². The lowest BCUT2D eigenvalue weighted by Gasteiger charge is -2.48. The van der Waals surface area contributed by atoms with E-state index >= 15 is 0 Å². The fourth-order valence-corrected chi connectivity index (χ4v) is 5.18. The standard InChI is InChI=1S/C24H30N6O2/c1-26-24(20-7-4-3-5-8-20)11-9-23(10-12-24)18-29(21-27-16-19(15-25)17-28-21)22(31)30(23)13-6-14-32-2/h3-5,7-8,16-17,26H,6,9-14,18H2,1-2H3. The molecule has 1 aliphatic heterocycles. The Labute approximate surface area is 189 Å². The second-order valence-electron chi connectivity index (χ2n) is 8.67. The lowest BCUT2D eigenvalue weighted by molar-refractivity contribution is 0.0722. The van der Waals surface area contributed by atoms with Crippen molar-refractivity contribution >= 4 is 12.0 Å². The molecule has 4 rings (SSSR count). The fraction of sp³-hybridized carbons (Fsp3) is 0.500. The van der Waals surface area contributed by atoms with Crippen molar-refractivity contribution in [1.29, 1.82) is 5.26 Å². The van der Waals surface area contributed by atoms with Crippen LogP contribution in [0.25, 0.3) is 0 Å². The molecule has 0 bridgehead atoms. The zero-order chi connectivity index (χ0) is 22.6. The van der Waals surface area contributed by atoms with Gasteiger partial charge in [0.1, 0.15) is 6.07 Å². The molecule has 32 heavy (non-hydrogen) atoms. The van der Waals surface area contributed by atoms with Crippen LogP contribution in [-0.2, 0) is 10.3 Å². The van der Waals surface area contributed by atoms with Gasteiger partial charge in [-0.25, -0.2) is 14.8 Å². The second kappa shape index (κ2) is 9.23. The first-order valence-electron chi connectivity index (χ1n) is 11.1.